The van der Waals surface area contributed by atoms with Gasteiger partial charge >= 0.3 is 0 Å². The lowest BCUT2D eigenvalue weighted by Gasteiger charge is -2.34. The van der Waals surface area contributed by atoms with Crippen LogP contribution < -0.4 is 5.56 Å². The molecule has 32 heavy (non-hydrogen) atoms. The molecular weight excluding hydrogens is 408 g/mol. The van der Waals surface area contributed by atoms with Crippen LogP contribution in [0.5, 0.6) is 0 Å². The molecule has 0 unspecified atom stereocenters. The van der Waals surface area contributed by atoms with Crippen molar-refractivity contribution in [3.8, 4) is 5.82 Å². The number of nitrogens with zero attached hydrogens (tertiary/aromatic N) is 8. The van der Waals surface area contributed by atoms with Crippen LogP contribution in [0, 0.1) is 13.8 Å². The van der Waals surface area contributed by atoms with Gasteiger partial charge in [0.25, 0.3) is 5.56 Å². The molecule has 2 aliphatic rings. The second-order valence-corrected chi connectivity index (χ2v) is 8.60. The molecule has 10 nitrogen and oxygen atoms in total. The quantitative estimate of drug-likeness (QED) is 0.557. The SMILES string of the molecule is Cc1cc(C)n(-c2ccc(=O)n(CCN3CCN(Cc4cn5c(n4)COCC5)CC3)n2)n1. The van der Waals surface area contributed by atoms with E-state index in [1.807, 2.05) is 19.9 Å². The van der Waals surface area contributed by atoms with Gasteiger partial charge in [-0.2, -0.15) is 5.10 Å². The predicted molar refractivity (Wildman–Crippen MR) is 119 cm³/mol. The molecule has 0 aliphatic carbocycles. The molecule has 0 saturated carbocycles. The third-order valence-corrected chi connectivity index (χ3v) is 6.17. The first-order chi connectivity index (χ1) is 15.5. The summed E-state index contributed by atoms with van der Waals surface area (Å²) >= 11 is 0. The van der Waals surface area contributed by atoms with Crippen molar-refractivity contribution in [3.05, 3.63) is 57.7 Å². The third kappa shape index (κ3) is 4.52. The molecule has 0 amide bonds. The zero-order chi connectivity index (χ0) is 22.1. The smallest absolute Gasteiger partial charge is 0.266 e. The Labute approximate surface area is 187 Å². The Balaban J connectivity index is 1.15. The molecule has 3 aromatic heterocycles. The monoisotopic (exact) mass is 438 g/mol. The summed E-state index contributed by atoms with van der Waals surface area (Å²) in [5.74, 6) is 1.71. The summed E-state index contributed by atoms with van der Waals surface area (Å²) in [6, 6.07) is 5.31. The molecule has 5 heterocycles. The molecule has 1 saturated heterocycles. The summed E-state index contributed by atoms with van der Waals surface area (Å²) in [6.07, 6.45) is 2.16. The van der Waals surface area contributed by atoms with E-state index >= 15 is 0 Å². The number of ether oxygens (including phenoxy) is 1. The standard InChI is InChI=1S/C22H30N8O2/c1-17-13-18(2)30(24-17)20-3-4-22(31)29(25-20)10-9-26-5-7-27(8-6-26)14-19-15-28-11-12-32-16-21(28)23-19/h3-4,13,15H,5-12,14,16H2,1-2H3. The van der Waals surface area contributed by atoms with E-state index in [4.69, 9.17) is 9.72 Å². The Morgan fingerprint density at radius 1 is 1.00 bits per heavy atom. The Morgan fingerprint density at radius 3 is 2.56 bits per heavy atom. The van der Waals surface area contributed by atoms with Crippen LogP contribution >= 0.6 is 0 Å². The number of imidazole rings is 1. The minimum absolute atomic E-state index is 0.0818. The van der Waals surface area contributed by atoms with E-state index in [2.05, 4.69) is 30.8 Å². The number of fused-ring (bicyclic) bond motifs is 1. The van der Waals surface area contributed by atoms with Gasteiger partial charge in [-0.05, 0) is 26.0 Å². The zero-order valence-corrected chi connectivity index (χ0v) is 18.8. The van der Waals surface area contributed by atoms with Crippen molar-refractivity contribution in [1.29, 1.82) is 0 Å². The number of hydrogen-bond acceptors (Lipinski definition) is 7. The van der Waals surface area contributed by atoms with Gasteiger partial charge in [0.15, 0.2) is 5.82 Å². The largest absolute Gasteiger partial charge is 0.372 e. The molecule has 0 bridgehead atoms. The van der Waals surface area contributed by atoms with E-state index in [9.17, 15) is 4.79 Å². The highest BCUT2D eigenvalue weighted by Gasteiger charge is 2.20. The average Bonchev–Trinajstić information content (AvgIpc) is 3.35. The van der Waals surface area contributed by atoms with Gasteiger partial charge in [0.2, 0.25) is 0 Å². The first kappa shape index (κ1) is 21.0. The number of aromatic nitrogens is 6. The minimum Gasteiger partial charge on any atom is -0.372 e. The summed E-state index contributed by atoms with van der Waals surface area (Å²) in [6.45, 7) is 12.4. The first-order valence-electron chi connectivity index (χ1n) is 11.2. The van der Waals surface area contributed by atoms with Gasteiger partial charge in [-0.15, -0.1) is 5.10 Å². The van der Waals surface area contributed by atoms with Crippen molar-refractivity contribution in [1.82, 2.24) is 38.9 Å². The molecule has 0 atom stereocenters. The van der Waals surface area contributed by atoms with Gasteiger partial charge in [-0.25, -0.2) is 14.3 Å². The maximum absolute atomic E-state index is 12.3. The van der Waals surface area contributed by atoms with Crippen LogP contribution in [-0.4, -0.2) is 78.2 Å². The molecular formula is C22H30N8O2. The van der Waals surface area contributed by atoms with Crippen LogP contribution in [0.4, 0.5) is 0 Å². The lowest BCUT2D eigenvalue weighted by Crippen LogP contribution is -2.47. The molecule has 170 valence electrons. The maximum atomic E-state index is 12.3. The van der Waals surface area contributed by atoms with Crippen molar-refractivity contribution in [2.45, 2.75) is 40.1 Å². The summed E-state index contributed by atoms with van der Waals surface area (Å²) in [5, 5.41) is 9.02. The molecule has 5 rings (SSSR count). The fraction of sp³-hybridized carbons (Fsp3) is 0.545. The first-order valence-corrected chi connectivity index (χ1v) is 11.2. The van der Waals surface area contributed by atoms with Crippen molar-refractivity contribution in [2.75, 3.05) is 39.3 Å². The molecule has 0 radical (unpaired) electrons. The fourth-order valence-electron chi connectivity index (χ4n) is 4.43. The van der Waals surface area contributed by atoms with Crippen molar-refractivity contribution < 1.29 is 4.74 Å². The normalized spacial score (nSPS) is 17.6. The molecule has 10 heteroatoms. The van der Waals surface area contributed by atoms with E-state index in [-0.39, 0.29) is 5.56 Å². The van der Waals surface area contributed by atoms with Gasteiger partial charge in [0, 0.05) is 63.8 Å². The summed E-state index contributed by atoms with van der Waals surface area (Å²) in [4.78, 5) is 21.9. The van der Waals surface area contributed by atoms with E-state index in [1.54, 1.807) is 21.5 Å². The van der Waals surface area contributed by atoms with Gasteiger partial charge in [-0.1, -0.05) is 0 Å². The molecule has 1 fully saturated rings. The topological polar surface area (TPSA) is 86.2 Å². The lowest BCUT2D eigenvalue weighted by atomic mass is 10.3. The van der Waals surface area contributed by atoms with Crippen LogP contribution in [0.1, 0.15) is 22.9 Å². The predicted octanol–water partition coefficient (Wildman–Crippen LogP) is 0.590. The zero-order valence-electron chi connectivity index (χ0n) is 18.8. The number of aryl methyl sites for hydroxylation is 2. The molecule has 0 aromatic carbocycles. The van der Waals surface area contributed by atoms with E-state index in [0.29, 0.717) is 19.0 Å². The second-order valence-electron chi connectivity index (χ2n) is 8.60. The van der Waals surface area contributed by atoms with Gasteiger partial charge in [0.05, 0.1) is 24.5 Å². The summed E-state index contributed by atoms with van der Waals surface area (Å²) in [7, 11) is 0. The highest BCUT2D eigenvalue weighted by molar-refractivity contribution is 5.23. The van der Waals surface area contributed by atoms with Crippen molar-refractivity contribution in [3.63, 3.8) is 0 Å². The number of hydrogen-bond donors (Lipinski definition) is 0. The van der Waals surface area contributed by atoms with Gasteiger partial charge in [0.1, 0.15) is 12.4 Å². The van der Waals surface area contributed by atoms with Crippen LogP contribution in [0.2, 0.25) is 0 Å². The minimum atomic E-state index is -0.0818. The highest BCUT2D eigenvalue weighted by Crippen LogP contribution is 2.13. The molecule has 0 N–H and O–H groups in total. The van der Waals surface area contributed by atoms with Crippen molar-refractivity contribution in [2.24, 2.45) is 0 Å². The van der Waals surface area contributed by atoms with E-state index in [1.165, 1.54) is 0 Å². The van der Waals surface area contributed by atoms with E-state index < -0.39 is 0 Å². The van der Waals surface area contributed by atoms with E-state index in [0.717, 1.165) is 75.3 Å². The average molecular weight is 439 g/mol. The third-order valence-electron chi connectivity index (χ3n) is 6.17. The van der Waals surface area contributed by atoms with Gasteiger partial charge in [-0.3, -0.25) is 14.6 Å². The van der Waals surface area contributed by atoms with Crippen LogP contribution in [0.3, 0.4) is 0 Å². The molecule has 2 aliphatic heterocycles. The van der Waals surface area contributed by atoms with Crippen molar-refractivity contribution >= 4 is 0 Å². The number of piperazine rings is 1. The Kier molecular flexibility index (Phi) is 5.90. The number of rotatable bonds is 6. The fourth-order valence-corrected chi connectivity index (χ4v) is 4.43. The van der Waals surface area contributed by atoms with Crippen LogP contribution in [0.15, 0.2) is 29.2 Å². The molecule has 0 spiro atoms. The second kappa shape index (κ2) is 8.97. The summed E-state index contributed by atoms with van der Waals surface area (Å²) < 4.78 is 11.0. The Morgan fingerprint density at radius 2 is 1.81 bits per heavy atom. The van der Waals surface area contributed by atoms with Gasteiger partial charge < -0.3 is 9.30 Å². The maximum Gasteiger partial charge on any atom is 0.266 e. The Bertz CT molecular complexity index is 1120. The Hall–Kier alpha value is -2.82. The van der Waals surface area contributed by atoms with Crippen LogP contribution in [0.25, 0.3) is 5.82 Å². The summed E-state index contributed by atoms with van der Waals surface area (Å²) in [5.41, 5.74) is 2.98. The molecule has 3 aromatic rings. The van der Waals surface area contributed by atoms with Crippen LogP contribution in [-0.2, 0) is 31.0 Å². The lowest BCUT2D eigenvalue weighted by molar-refractivity contribution is 0.0815. The highest BCUT2D eigenvalue weighted by atomic mass is 16.5.